The van der Waals surface area contributed by atoms with Gasteiger partial charge in [-0.1, -0.05) is 0 Å². The zero-order valence-electron chi connectivity index (χ0n) is 9.44. The second-order valence-electron chi connectivity index (χ2n) is 3.87. The van der Waals surface area contributed by atoms with Gasteiger partial charge in [-0.15, -0.1) is 22.7 Å². The summed E-state index contributed by atoms with van der Waals surface area (Å²) in [6.07, 6.45) is 1.21. The Bertz CT molecular complexity index is 715. The monoisotopic (exact) mass is 357 g/mol. The Labute approximate surface area is 124 Å². The van der Waals surface area contributed by atoms with Gasteiger partial charge in [-0.3, -0.25) is 10.4 Å². The van der Waals surface area contributed by atoms with Gasteiger partial charge in [0.15, 0.2) is 0 Å². The summed E-state index contributed by atoms with van der Waals surface area (Å²) >= 11 is 6.86. The van der Waals surface area contributed by atoms with Crippen molar-refractivity contribution in [3.05, 3.63) is 32.6 Å². The van der Waals surface area contributed by atoms with Gasteiger partial charge in [0.2, 0.25) is 0 Å². The third kappa shape index (κ3) is 2.65. The highest BCUT2D eigenvalue weighted by Gasteiger charge is 2.11. The SMILES string of the molecule is O=C(O)Nc1[nH]ncc1Cc1cc2sc(Br)cc2s1. The van der Waals surface area contributed by atoms with Crippen molar-refractivity contribution in [2.24, 2.45) is 0 Å². The molecular formula is C11H8BrN3O2S2. The molecule has 3 rings (SSSR count). The summed E-state index contributed by atoms with van der Waals surface area (Å²) in [4.78, 5) is 11.8. The molecule has 0 radical (unpaired) electrons. The van der Waals surface area contributed by atoms with Gasteiger partial charge < -0.3 is 5.11 Å². The van der Waals surface area contributed by atoms with Crippen molar-refractivity contribution >= 4 is 59.9 Å². The molecule has 3 heterocycles. The zero-order valence-corrected chi connectivity index (χ0v) is 12.7. The van der Waals surface area contributed by atoms with Gasteiger partial charge in [0.05, 0.1) is 9.98 Å². The highest BCUT2D eigenvalue weighted by molar-refractivity contribution is 9.11. The normalized spacial score (nSPS) is 11.0. The molecule has 3 aromatic rings. The summed E-state index contributed by atoms with van der Waals surface area (Å²) in [6.45, 7) is 0. The van der Waals surface area contributed by atoms with Gasteiger partial charge in [-0.05, 0) is 28.1 Å². The number of H-pyrrole nitrogens is 1. The van der Waals surface area contributed by atoms with E-state index in [2.05, 4.69) is 43.6 Å². The van der Waals surface area contributed by atoms with E-state index in [1.165, 1.54) is 14.3 Å². The van der Waals surface area contributed by atoms with Crippen molar-refractivity contribution in [2.75, 3.05) is 5.32 Å². The van der Waals surface area contributed by atoms with Crippen LogP contribution in [0.4, 0.5) is 10.6 Å². The van der Waals surface area contributed by atoms with Crippen molar-refractivity contribution < 1.29 is 9.90 Å². The van der Waals surface area contributed by atoms with Crippen LogP contribution >= 0.6 is 38.6 Å². The van der Waals surface area contributed by atoms with E-state index in [4.69, 9.17) is 5.11 Å². The zero-order chi connectivity index (χ0) is 13.4. The summed E-state index contributed by atoms with van der Waals surface area (Å²) in [5, 5.41) is 17.6. The molecule has 3 aromatic heterocycles. The summed E-state index contributed by atoms with van der Waals surface area (Å²) in [6, 6.07) is 4.23. The van der Waals surface area contributed by atoms with Crippen LogP contribution in [-0.4, -0.2) is 21.4 Å². The second kappa shape index (κ2) is 4.95. The van der Waals surface area contributed by atoms with Crippen LogP contribution in [-0.2, 0) is 6.42 Å². The third-order valence-electron chi connectivity index (χ3n) is 2.54. The summed E-state index contributed by atoms with van der Waals surface area (Å²) in [5.41, 5.74) is 0.843. The molecule has 0 atom stereocenters. The Morgan fingerprint density at radius 1 is 1.42 bits per heavy atom. The van der Waals surface area contributed by atoms with Crippen LogP contribution < -0.4 is 5.32 Å². The molecule has 0 aromatic carbocycles. The summed E-state index contributed by atoms with van der Waals surface area (Å²) < 4.78 is 3.60. The van der Waals surface area contributed by atoms with E-state index in [0.717, 1.165) is 9.35 Å². The molecule has 5 nitrogen and oxygen atoms in total. The van der Waals surface area contributed by atoms with Crippen LogP contribution in [0.3, 0.4) is 0 Å². The van der Waals surface area contributed by atoms with Crippen LogP contribution in [0, 0.1) is 0 Å². The van der Waals surface area contributed by atoms with E-state index < -0.39 is 6.09 Å². The summed E-state index contributed by atoms with van der Waals surface area (Å²) in [5.74, 6) is 0.436. The average Bonchev–Trinajstić information content (AvgIpc) is 2.94. The largest absolute Gasteiger partial charge is 0.465 e. The number of amides is 1. The lowest BCUT2D eigenvalue weighted by atomic mass is 10.2. The first-order valence-electron chi connectivity index (χ1n) is 5.32. The topological polar surface area (TPSA) is 78.0 Å². The van der Waals surface area contributed by atoms with Gasteiger partial charge in [0.1, 0.15) is 5.82 Å². The van der Waals surface area contributed by atoms with E-state index in [1.54, 1.807) is 28.9 Å². The second-order valence-corrected chi connectivity index (χ2v) is 7.50. The lowest BCUT2D eigenvalue weighted by Crippen LogP contribution is -2.09. The van der Waals surface area contributed by atoms with Crippen LogP contribution in [0.1, 0.15) is 10.4 Å². The van der Waals surface area contributed by atoms with Crippen molar-refractivity contribution in [3.8, 4) is 0 Å². The van der Waals surface area contributed by atoms with Gasteiger partial charge in [-0.2, -0.15) is 5.10 Å². The first-order chi connectivity index (χ1) is 9.11. The minimum absolute atomic E-state index is 0.436. The van der Waals surface area contributed by atoms with Crippen molar-refractivity contribution in [2.45, 2.75) is 6.42 Å². The van der Waals surface area contributed by atoms with Crippen LogP contribution in [0.5, 0.6) is 0 Å². The maximum atomic E-state index is 10.6. The van der Waals surface area contributed by atoms with Crippen LogP contribution in [0.15, 0.2) is 22.1 Å². The number of anilines is 1. The van der Waals surface area contributed by atoms with Crippen LogP contribution in [0.25, 0.3) is 9.40 Å². The first-order valence-corrected chi connectivity index (χ1v) is 7.74. The molecule has 0 unspecified atom stereocenters. The number of rotatable bonds is 3. The number of halogens is 1. The predicted molar refractivity (Wildman–Crippen MR) is 80.4 cm³/mol. The molecule has 19 heavy (non-hydrogen) atoms. The Morgan fingerprint density at radius 2 is 2.21 bits per heavy atom. The van der Waals surface area contributed by atoms with E-state index in [1.807, 2.05) is 0 Å². The fraction of sp³-hybridized carbons (Fsp3) is 0.0909. The molecule has 0 spiro atoms. The third-order valence-corrected chi connectivity index (χ3v) is 5.34. The highest BCUT2D eigenvalue weighted by atomic mass is 79.9. The molecule has 8 heteroatoms. The number of hydrogen-bond acceptors (Lipinski definition) is 4. The Kier molecular flexibility index (Phi) is 3.29. The van der Waals surface area contributed by atoms with Crippen molar-refractivity contribution in [1.82, 2.24) is 10.2 Å². The number of carboxylic acid groups (broad SMARTS) is 1. The molecule has 0 aliphatic rings. The number of nitrogens with one attached hydrogen (secondary N) is 2. The molecular weight excluding hydrogens is 350 g/mol. The molecule has 0 saturated heterocycles. The number of carbonyl (C=O) groups is 1. The number of hydrogen-bond donors (Lipinski definition) is 3. The summed E-state index contributed by atoms with van der Waals surface area (Å²) in [7, 11) is 0. The van der Waals surface area contributed by atoms with Gasteiger partial charge in [-0.25, -0.2) is 4.79 Å². The lowest BCUT2D eigenvalue weighted by Gasteiger charge is -2.00. The van der Waals surface area contributed by atoms with Crippen molar-refractivity contribution in [3.63, 3.8) is 0 Å². The molecule has 1 amide bonds. The minimum Gasteiger partial charge on any atom is -0.465 e. The van der Waals surface area contributed by atoms with Crippen molar-refractivity contribution in [1.29, 1.82) is 0 Å². The van der Waals surface area contributed by atoms with Gasteiger partial charge >= 0.3 is 6.09 Å². The molecule has 0 aliphatic carbocycles. The average molecular weight is 358 g/mol. The Hall–Kier alpha value is -1.38. The highest BCUT2D eigenvalue weighted by Crippen LogP contribution is 2.36. The quantitative estimate of drug-likeness (QED) is 0.659. The number of fused-ring (bicyclic) bond motifs is 1. The number of nitrogens with zero attached hydrogens (tertiary/aromatic N) is 1. The molecule has 0 saturated carbocycles. The molecule has 0 aliphatic heterocycles. The van der Waals surface area contributed by atoms with E-state index in [-0.39, 0.29) is 0 Å². The number of thiophene rings is 2. The number of aromatic nitrogens is 2. The fourth-order valence-electron chi connectivity index (χ4n) is 1.79. The van der Waals surface area contributed by atoms with Gasteiger partial charge in [0, 0.05) is 26.3 Å². The molecule has 98 valence electrons. The fourth-order valence-corrected chi connectivity index (χ4v) is 4.86. The van der Waals surface area contributed by atoms with Crippen LogP contribution in [0.2, 0.25) is 0 Å². The maximum absolute atomic E-state index is 10.6. The van der Waals surface area contributed by atoms with Gasteiger partial charge in [0.25, 0.3) is 0 Å². The molecule has 0 bridgehead atoms. The minimum atomic E-state index is -1.10. The standard InChI is InChI=1S/C11H8BrN3O2S2/c12-9-3-8-7(19-9)2-6(18-8)1-5-4-13-15-10(5)14-11(16)17/h2-4H,1H2,(H,16,17)(H2,13,14,15). The predicted octanol–water partition coefficient (Wildman–Crippen LogP) is 4.13. The van der Waals surface area contributed by atoms with E-state index in [9.17, 15) is 4.79 Å². The lowest BCUT2D eigenvalue weighted by molar-refractivity contribution is 0.209. The Balaban J connectivity index is 1.86. The smallest absolute Gasteiger partial charge is 0.410 e. The van der Waals surface area contributed by atoms with E-state index in [0.29, 0.717) is 12.2 Å². The molecule has 3 N–H and O–H groups in total. The first kappa shape index (κ1) is 12.6. The maximum Gasteiger partial charge on any atom is 0.410 e. The van der Waals surface area contributed by atoms with E-state index >= 15 is 0 Å². The number of aromatic amines is 1. The Morgan fingerprint density at radius 3 is 2.95 bits per heavy atom. The molecule has 0 fully saturated rings.